The summed E-state index contributed by atoms with van der Waals surface area (Å²) in [4.78, 5) is 11.6. The molecular formula is C10H17BrO. The molecule has 0 aliphatic heterocycles. The molecular weight excluding hydrogens is 216 g/mol. The molecule has 0 heterocycles. The van der Waals surface area contributed by atoms with E-state index in [-0.39, 0.29) is 4.32 Å². The van der Waals surface area contributed by atoms with Gasteiger partial charge in [0.25, 0.3) is 0 Å². The van der Waals surface area contributed by atoms with E-state index in [2.05, 4.69) is 22.9 Å². The Labute approximate surface area is 83.0 Å². The Balaban J connectivity index is 2.48. The van der Waals surface area contributed by atoms with Gasteiger partial charge in [-0.05, 0) is 19.3 Å². The zero-order valence-electron chi connectivity index (χ0n) is 7.74. The molecule has 70 valence electrons. The van der Waals surface area contributed by atoms with Crippen LogP contribution in [0.3, 0.4) is 0 Å². The number of rotatable bonds is 3. The number of carbonyl (C=O) groups is 1. The zero-order valence-corrected chi connectivity index (χ0v) is 9.32. The maximum atomic E-state index is 11.6. The lowest BCUT2D eigenvalue weighted by atomic mass is 9.84. The standard InChI is InChI=1S/C10H17BrO/c1-2-3-7-10(11)8-5-4-6-9(10)12/h2-8H2,1H3. The van der Waals surface area contributed by atoms with E-state index < -0.39 is 0 Å². The summed E-state index contributed by atoms with van der Waals surface area (Å²) in [6, 6.07) is 0. The van der Waals surface area contributed by atoms with Crippen molar-refractivity contribution < 1.29 is 4.79 Å². The molecule has 0 N–H and O–H groups in total. The van der Waals surface area contributed by atoms with Gasteiger partial charge in [0.15, 0.2) is 0 Å². The molecule has 1 aliphatic carbocycles. The second kappa shape index (κ2) is 4.40. The van der Waals surface area contributed by atoms with E-state index in [1.165, 1.54) is 12.8 Å². The van der Waals surface area contributed by atoms with Crippen molar-refractivity contribution in [1.29, 1.82) is 0 Å². The number of unbranched alkanes of at least 4 members (excludes halogenated alkanes) is 1. The maximum Gasteiger partial charge on any atom is 0.149 e. The predicted octanol–water partition coefficient (Wildman–Crippen LogP) is 3.45. The molecule has 0 aromatic rings. The van der Waals surface area contributed by atoms with Crippen molar-refractivity contribution in [1.82, 2.24) is 0 Å². The third-order valence-corrected chi connectivity index (χ3v) is 3.89. The fraction of sp³-hybridized carbons (Fsp3) is 0.900. The number of ketones is 1. The quantitative estimate of drug-likeness (QED) is 0.682. The van der Waals surface area contributed by atoms with Gasteiger partial charge in [0.2, 0.25) is 0 Å². The number of halogens is 1. The van der Waals surface area contributed by atoms with Crippen LogP contribution in [-0.4, -0.2) is 10.1 Å². The second-order valence-electron chi connectivity index (χ2n) is 3.70. The van der Waals surface area contributed by atoms with E-state index in [0.717, 1.165) is 32.1 Å². The highest BCUT2D eigenvalue weighted by Gasteiger charge is 2.35. The van der Waals surface area contributed by atoms with E-state index in [1.54, 1.807) is 0 Å². The van der Waals surface area contributed by atoms with Crippen LogP contribution in [0.4, 0.5) is 0 Å². The molecule has 1 unspecified atom stereocenters. The Morgan fingerprint density at radius 2 is 2.25 bits per heavy atom. The van der Waals surface area contributed by atoms with Gasteiger partial charge in [-0.3, -0.25) is 4.79 Å². The van der Waals surface area contributed by atoms with Crippen LogP contribution in [0.25, 0.3) is 0 Å². The van der Waals surface area contributed by atoms with Gasteiger partial charge in [-0.2, -0.15) is 0 Å². The lowest BCUT2D eigenvalue weighted by Gasteiger charge is -2.29. The summed E-state index contributed by atoms with van der Waals surface area (Å²) in [5, 5.41) is 0. The van der Waals surface area contributed by atoms with Gasteiger partial charge in [0.05, 0.1) is 4.32 Å². The Hall–Kier alpha value is 0.150. The highest BCUT2D eigenvalue weighted by Crippen LogP contribution is 2.37. The van der Waals surface area contributed by atoms with Crippen molar-refractivity contribution in [3.63, 3.8) is 0 Å². The van der Waals surface area contributed by atoms with Crippen molar-refractivity contribution in [2.45, 2.75) is 56.2 Å². The highest BCUT2D eigenvalue weighted by molar-refractivity contribution is 9.10. The van der Waals surface area contributed by atoms with E-state index >= 15 is 0 Å². The molecule has 1 nitrogen and oxygen atoms in total. The minimum atomic E-state index is -0.138. The van der Waals surface area contributed by atoms with Crippen molar-refractivity contribution >= 4 is 21.7 Å². The SMILES string of the molecule is CCCCC1(Br)CCCCC1=O. The molecule has 1 saturated carbocycles. The monoisotopic (exact) mass is 232 g/mol. The van der Waals surface area contributed by atoms with E-state index in [4.69, 9.17) is 0 Å². The summed E-state index contributed by atoms with van der Waals surface area (Å²) in [5.74, 6) is 0.433. The molecule has 1 rings (SSSR count). The highest BCUT2D eigenvalue weighted by atomic mass is 79.9. The number of hydrogen-bond donors (Lipinski definition) is 0. The summed E-state index contributed by atoms with van der Waals surface area (Å²) in [6.07, 6.45) is 7.51. The molecule has 0 bridgehead atoms. The lowest BCUT2D eigenvalue weighted by Crippen LogP contribution is -2.34. The van der Waals surface area contributed by atoms with Crippen molar-refractivity contribution in [3.05, 3.63) is 0 Å². The van der Waals surface area contributed by atoms with Gasteiger partial charge >= 0.3 is 0 Å². The summed E-state index contributed by atoms with van der Waals surface area (Å²) in [5.41, 5.74) is 0. The van der Waals surface area contributed by atoms with Gasteiger partial charge < -0.3 is 0 Å². The summed E-state index contributed by atoms with van der Waals surface area (Å²) >= 11 is 3.61. The second-order valence-corrected chi connectivity index (χ2v) is 5.22. The summed E-state index contributed by atoms with van der Waals surface area (Å²) in [7, 11) is 0. The molecule has 0 saturated heterocycles. The molecule has 0 radical (unpaired) electrons. The summed E-state index contributed by atoms with van der Waals surface area (Å²) in [6.45, 7) is 2.17. The first-order chi connectivity index (χ1) is 5.69. The number of carbonyl (C=O) groups excluding carboxylic acids is 1. The van der Waals surface area contributed by atoms with Gasteiger partial charge in [0, 0.05) is 6.42 Å². The fourth-order valence-corrected chi connectivity index (χ4v) is 2.53. The third kappa shape index (κ3) is 2.32. The third-order valence-electron chi connectivity index (χ3n) is 2.65. The van der Waals surface area contributed by atoms with E-state index in [1.807, 2.05) is 0 Å². The van der Waals surface area contributed by atoms with Gasteiger partial charge in [-0.1, -0.05) is 42.1 Å². The van der Waals surface area contributed by atoms with Crippen molar-refractivity contribution in [3.8, 4) is 0 Å². The van der Waals surface area contributed by atoms with Crippen LogP contribution in [0.5, 0.6) is 0 Å². The first kappa shape index (κ1) is 10.2. The van der Waals surface area contributed by atoms with Crippen molar-refractivity contribution in [2.24, 2.45) is 0 Å². The molecule has 0 aromatic heterocycles. The Bertz CT molecular complexity index is 167. The average molecular weight is 233 g/mol. The van der Waals surface area contributed by atoms with Crippen LogP contribution in [0.15, 0.2) is 0 Å². The molecule has 12 heavy (non-hydrogen) atoms. The zero-order chi connectivity index (χ0) is 9.03. The van der Waals surface area contributed by atoms with Gasteiger partial charge in [-0.25, -0.2) is 0 Å². The molecule has 1 aliphatic rings. The largest absolute Gasteiger partial charge is 0.298 e. The van der Waals surface area contributed by atoms with Crippen molar-refractivity contribution in [2.75, 3.05) is 0 Å². The van der Waals surface area contributed by atoms with Gasteiger partial charge in [-0.15, -0.1) is 0 Å². The van der Waals surface area contributed by atoms with Gasteiger partial charge in [0.1, 0.15) is 5.78 Å². The van der Waals surface area contributed by atoms with E-state index in [0.29, 0.717) is 5.78 Å². The number of Topliss-reactive ketones (excluding diaryl/α,β-unsaturated/α-hetero) is 1. The van der Waals surface area contributed by atoms with Crippen LogP contribution in [-0.2, 0) is 4.79 Å². The van der Waals surface area contributed by atoms with Crippen LogP contribution >= 0.6 is 15.9 Å². The van der Waals surface area contributed by atoms with Crippen LogP contribution in [0.1, 0.15) is 51.9 Å². The molecule has 0 aromatic carbocycles. The average Bonchev–Trinajstić information content (AvgIpc) is 2.07. The number of hydrogen-bond acceptors (Lipinski definition) is 1. The predicted molar refractivity (Wildman–Crippen MR) is 54.7 cm³/mol. The molecule has 1 fully saturated rings. The fourth-order valence-electron chi connectivity index (χ4n) is 1.78. The lowest BCUT2D eigenvalue weighted by molar-refractivity contribution is -0.122. The van der Waals surface area contributed by atoms with Crippen LogP contribution in [0, 0.1) is 0 Å². The first-order valence-corrected chi connectivity index (χ1v) is 5.70. The van der Waals surface area contributed by atoms with Crippen LogP contribution in [0.2, 0.25) is 0 Å². The Kier molecular flexibility index (Phi) is 3.76. The Morgan fingerprint density at radius 3 is 2.83 bits per heavy atom. The molecule has 1 atom stereocenters. The van der Waals surface area contributed by atoms with E-state index in [9.17, 15) is 4.79 Å². The molecule has 0 spiro atoms. The normalized spacial score (nSPS) is 30.7. The van der Waals surface area contributed by atoms with Crippen LogP contribution < -0.4 is 0 Å². The molecule has 0 amide bonds. The first-order valence-electron chi connectivity index (χ1n) is 4.91. The topological polar surface area (TPSA) is 17.1 Å². The maximum absolute atomic E-state index is 11.6. The Morgan fingerprint density at radius 1 is 1.50 bits per heavy atom. The minimum Gasteiger partial charge on any atom is -0.298 e. The smallest absolute Gasteiger partial charge is 0.149 e. The number of alkyl halides is 1. The minimum absolute atomic E-state index is 0.138. The molecule has 2 heteroatoms. The summed E-state index contributed by atoms with van der Waals surface area (Å²) < 4.78 is -0.138.